The molecule has 2 aromatic rings. The number of nitrogens with zero attached hydrogens (tertiary/aromatic N) is 3. The summed E-state index contributed by atoms with van der Waals surface area (Å²) >= 11 is 0. The second-order valence-corrected chi connectivity index (χ2v) is 3.92. The Morgan fingerprint density at radius 1 is 1.41 bits per heavy atom. The van der Waals surface area contributed by atoms with Crippen LogP contribution in [0.15, 0.2) is 36.8 Å². The van der Waals surface area contributed by atoms with Crippen molar-refractivity contribution in [1.29, 1.82) is 0 Å². The fraction of sp³-hybridized carbons (Fsp3) is 0.250. The second-order valence-electron chi connectivity index (χ2n) is 3.92. The van der Waals surface area contributed by atoms with Crippen molar-refractivity contribution in [1.82, 2.24) is 14.8 Å². The van der Waals surface area contributed by atoms with Gasteiger partial charge in [0.05, 0.1) is 18.2 Å². The van der Waals surface area contributed by atoms with Gasteiger partial charge in [-0.2, -0.15) is 5.10 Å². The first-order valence-electron chi connectivity index (χ1n) is 5.38. The molecule has 5 heteroatoms. The molecular formula is C12H14N4O. The smallest absolute Gasteiger partial charge is 0.226 e. The third-order valence-electron chi connectivity index (χ3n) is 2.63. The third-order valence-corrected chi connectivity index (χ3v) is 2.63. The molecule has 0 saturated carbocycles. The van der Waals surface area contributed by atoms with E-state index in [9.17, 15) is 4.79 Å². The molecule has 88 valence electrons. The lowest BCUT2D eigenvalue weighted by atomic mass is 10.1. The number of carbonyl (C=O) groups is 1. The Kier molecular flexibility index (Phi) is 3.18. The normalized spacial score (nSPS) is 12.3. The van der Waals surface area contributed by atoms with Gasteiger partial charge in [0.15, 0.2) is 0 Å². The molecule has 0 aliphatic carbocycles. The minimum absolute atomic E-state index is 0.353. The van der Waals surface area contributed by atoms with Crippen LogP contribution in [0.2, 0.25) is 0 Å². The summed E-state index contributed by atoms with van der Waals surface area (Å²) in [5, 5.41) is 4.32. The van der Waals surface area contributed by atoms with Crippen molar-refractivity contribution >= 4 is 5.91 Å². The van der Waals surface area contributed by atoms with Gasteiger partial charge in [-0.05, 0) is 30.7 Å². The van der Waals surface area contributed by atoms with Crippen LogP contribution in [-0.4, -0.2) is 20.7 Å². The number of aromatic nitrogens is 3. The fourth-order valence-electron chi connectivity index (χ4n) is 1.52. The molecule has 0 spiro atoms. The standard InChI is InChI=1S/C12H14N4O/c1-9(12(13)17)11-4-7-16(15-11)8-10-2-5-14-6-3-10/h2-7,9H,8H2,1H3,(H2,13,17). The lowest BCUT2D eigenvalue weighted by Gasteiger charge is -2.03. The van der Waals surface area contributed by atoms with E-state index < -0.39 is 0 Å². The van der Waals surface area contributed by atoms with Crippen molar-refractivity contribution in [3.63, 3.8) is 0 Å². The quantitative estimate of drug-likeness (QED) is 0.848. The van der Waals surface area contributed by atoms with E-state index in [-0.39, 0.29) is 11.8 Å². The number of hydrogen-bond acceptors (Lipinski definition) is 3. The van der Waals surface area contributed by atoms with Crippen LogP contribution >= 0.6 is 0 Å². The van der Waals surface area contributed by atoms with Gasteiger partial charge in [-0.1, -0.05) is 0 Å². The van der Waals surface area contributed by atoms with Crippen molar-refractivity contribution in [3.8, 4) is 0 Å². The molecular weight excluding hydrogens is 216 g/mol. The van der Waals surface area contributed by atoms with Crippen molar-refractivity contribution in [3.05, 3.63) is 48.0 Å². The summed E-state index contributed by atoms with van der Waals surface area (Å²) in [5.74, 6) is -0.715. The maximum absolute atomic E-state index is 11.0. The highest BCUT2D eigenvalue weighted by molar-refractivity contribution is 5.80. The number of pyridine rings is 1. The molecule has 5 nitrogen and oxygen atoms in total. The zero-order chi connectivity index (χ0) is 12.3. The zero-order valence-corrected chi connectivity index (χ0v) is 9.58. The molecule has 0 aliphatic heterocycles. The molecule has 2 N–H and O–H groups in total. The van der Waals surface area contributed by atoms with E-state index in [4.69, 9.17) is 5.73 Å². The van der Waals surface area contributed by atoms with Gasteiger partial charge >= 0.3 is 0 Å². The number of primary amides is 1. The Morgan fingerprint density at radius 2 is 2.12 bits per heavy atom. The Labute approximate surface area is 99.3 Å². The molecule has 1 amide bonds. The number of hydrogen-bond donors (Lipinski definition) is 1. The Morgan fingerprint density at radius 3 is 2.76 bits per heavy atom. The topological polar surface area (TPSA) is 73.8 Å². The summed E-state index contributed by atoms with van der Waals surface area (Å²) in [5.41, 5.74) is 7.05. The van der Waals surface area contributed by atoms with Gasteiger partial charge in [0, 0.05) is 18.6 Å². The lowest BCUT2D eigenvalue weighted by Crippen LogP contribution is -2.19. The molecule has 0 saturated heterocycles. The van der Waals surface area contributed by atoms with E-state index in [0.29, 0.717) is 12.2 Å². The molecule has 2 aromatic heterocycles. The van der Waals surface area contributed by atoms with E-state index in [1.807, 2.05) is 24.4 Å². The Balaban J connectivity index is 2.11. The van der Waals surface area contributed by atoms with Gasteiger partial charge in [0.25, 0.3) is 0 Å². The molecule has 0 bridgehead atoms. The van der Waals surface area contributed by atoms with Gasteiger partial charge in [0.2, 0.25) is 5.91 Å². The first kappa shape index (κ1) is 11.3. The average molecular weight is 230 g/mol. The maximum Gasteiger partial charge on any atom is 0.226 e. The van der Waals surface area contributed by atoms with Gasteiger partial charge in [-0.25, -0.2) is 0 Å². The van der Waals surface area contributed by atoms with Crippen molar-refractivity contribution in [2.24, 2.45) is 5.73 Å². The first-order chi connectivity index (χ1) is 8.16. The molecule has 0 aliphatic rings. The molecule has 0 aromatic carbocycles. The maximum atomic E-state index is 11.0. The molecule has 0 radical (unpaired) electrons. The van der Waals surface area contributed by atoms with Crippen molar-refractivity contribution < 1.29 is 4.79 Å². The number of rotatable bonds is 4. The summed E-state index contributed by atoms with van der Waals surface area (Å²) in [6.07, 6.45) is 5.33. The van der Waals surface area contributed by atoms with E-state index in [1.54, 1.807) is 24.0 Å². The zero-order valence-electron chi connectivity index (χ0n) is 9.58. The molecule has 0 fully saturated rings. The van der Waals surface area contributed by atoms with E-state index in [1.165, 1.54) is 0 Å². The van der Waals surface area contributed by atoms with Crippen LogP contribution in [0.25, 0.3) is 0 Å². The van der Waals surface area contributed by atoms with Crippen LogP contribution < -0.4 is 5.73 Å². The van der Waals surface area contributed by atoms with Crippen LogP contribution in [-0.2, 0) is 11.3 Å². The van der Waals surface area contributed by atoms with Crippen molar-refractivity contribution in [2.45, 2.75) is 19.4 Å². The van der Waals surface area contributed by atoms with E-state index in [2.05, 4.69) is 10.1 Å². The van der Waals surface area contributed by atoms with Crippen LogP contribution in [0.5, 0.6) is 0 Å². The highest BCUT2D eigenvalue weighted by Crippen LogP contribution is 2.12. The lowest BCUT2D eigenvalue weighted by molar-refractivity contribution is -0.119. The molecule has 2 heterocycles. The predicted molar refractivity (Wildman–Crippen MR) is 63.2 cm³/mol. The van der Waals surface area contributed by atoms with Gasteiger partial charge < -0.3 is 5.73 Å². The fourth-order valence-corrected chi connectivity index (χ4v) is 1.52. The first-order valence-corrected chi connectivity index (χ1v) is 5.38. The highest BCUT2D eigenvalue weighted by Gasteiger charge is 2.14. The van der Waals surface area contributed by atoms with E-state index >= 15 is 0 Å². The summed E-state index contributed by atoms with van der Waals surface area (Å²) in [4.78, 5) is 15.0. The largest absolute Gasteiger partial charge is 0.369 e. The molecule has 2 rings (SSSR count). The summed E-state index contributed by atoms with van der Waals surface area (Å²) < 4.78 is 1.78. The summed E-state index contributed by atoms with van der Waals surface area (Å²) in [6.45, 7) is 2.41. The molecule has 1 atom stereocenters. The third kappa shape index (κ3) is 2.69. The minimum Gasteiger partial charge on any atom is -0.369 e. The SMILES string of the molecule is CC(C(N)=O)c1ccn(Cc2ccncc2)n1. The molecule has 17 heavy (non-hydrogen) atoms. The second kappa shape index (κ2) is 4.78. The predicted octanol–water partition coefficient (Wildman–Crippen LogP) is 0.915. The summed E-state index contributed by atoms with van der Waals surface area (Å²) in [7, 11) is 0. The number of amides is 1. The Hall–Kier alpha value is -2.17. The van der Waals surface area contributed by atoms with Crippen LogP contribution in [0, 0.1) is 0 Å². The monoisotopic (exact) mass is 230 g/mol. The highest BCUT2D eigenvalue weighted by atomic mass is 16.1. The van der Waals surface area contributed by atoms with Crippen LogP contribution in [0.4, 0.5) is 0 Å². The van der Waals surface area contributed by atoms with Crippen LogP contribution in [0.1, 0.15) is 24.1 Å². The van der Waals surface area contributed by atoms with Gasteiger partial charge in [-0.15, -0.1) is 0 Å². The number of carbonyl (C=O) groups excluding carboxylic acids is 1. The van der Waals surface area contributed by atoms with Gasteiger partial charge in [0.1, 0.15) is 0 Å². The van der Waals surface area contributed by atoms with Gasteiger partial charge in [-0.3, -0.25) is 14.5 Å². The average Bonchev–Trinajstić information content (AvgIpc) is 2.77. The minimum atomic E-state index is -0.362. The van der Waals surface area contributed by atoms with E-state index in [0.717, 1.165) is 5.56 Å². The van der Waals surface area contributed by atoms with Crippen LogP contribution in [0.3, 0.4) is 0 Å². The summed E-state index contributed by atoms with van der Waals surface area (Å²) in [6, 6.07) is 5.67. The van der Waals surface area contributed by atoms with Crippen molar-refractivity contribution in [2.75, 3.05) is 0 Å². The molecule has 1 unspecified atom stereocenters. The Bertz CT molecular complexity index is 506. The number of nitrogens with two attached hydrogens (primary N) is 1.